The number of hydrogen-bond donors (Lipinski definition) is 1. The third kappa shape index (κ3) is 5.46. The molecule has 0 aliphatic carbocycles. The number of carbonyl (C=O) groups excluding carboxylic acids is 3. The lowest BCUT2D eigenvalue weighted by molar-refractivity contribution is -0.116. The number of amides is 1. The fourth-order valence-corrected chi connectivity index (χ4v) is 4.23. The summed E-state index contributed by atoms with van der Waals surface area (Å²) in [6.45, 7) is 7.62. The van der Waals surface area contributed by atoms with Crippen LogP contribution in [0.2, 0.25) is 0 Å². The van der Waals surface area contributed by atoms with Crippen LogP contribution in [0.25, 0.3) is 10.2 Å². The molecule has 0 saturated heterocycles. The molecule has 0 saturated carbocycles. The maximum Gasteiger partial charge on any atom is 0.338 e. The summed E-state index contributed by atoms with van der Waals surface area (Å²) in [4.78, 5) is 55.7. The summed E-state index contributed by atoms with van der Waals surface area (Å²) in [5.74, 6) is -1.63. The van der Waals surface area contributed by atoms with Crippen LogP contribution in [0.4, 0.5) is 5.69 Å². The summed E-state index contributed by atoms with van der Waals surface area (Å²) in [7, 11) is 0. The van der Waals surface area contributed by atoms with E-state index in [9.17, 15) is 19.2 Å². The van der Waals surface area contributed by atoms with Gasteiger partial charge in [0.25, 0.3) is 5.56 Å². The Kier molecular flexibility index (Phi) is 7.59. The molecule has 0 spiro atoms. The minimum Gasteiger partial charge on any atom is -0.462 e. The van der Waals surface area contributed by atoms with Gasteiger partial charge in [0.05, 0.1) is 36.1 Å². The van der Waals surface area contributed by atoms with Crippen LogP contribution in [-0.2, 0) is 20.8 Å². The smallest absolute Gasteiger partial charge is 0.338 e. The van der Waals surface area contributed by atoms with Gasteiger partial charge in [-0.3, -0.25) is 14.2 Å². The van der Waals surface area contributed by atoms with Crippen LogP contribution >= 0.6 is 11.3 Å². The van der Waals surface area contributed by atoms with Gasteiger partial charge in [0, 0.05) is 23.5 Å². The van der Waals surface area contributed by atoms with Gasteiger partial charge in [0.15, 0.2) is 0 Å². The van der Waals surface area contributed by atoms with Crippen molar-refractivity contribution in [3.63, 3.8) is 0 Å². The SMILES string of the molecule is CCOC(=O)c1cc(NC(=O)CCn2cnc3sc(C)c(C)c3c2=O)cc(C(=O)OCC)c1. The zero-order valence-electron chi connectivity index (χ0n) is 18.9. The average Bonchev–Trinajstić information content (AvgIpc) is 3.07. The van der Waals surface area contributed by atoms with E-state index in [1.54, 1.807) is 13.8 Å². The van der Waals surface area contributed by atoms with Gasteiger partial charge in [-0.25, -0.2) is 14.6 Å². The first-order valence-electron chi connectivity index (χ1n) is 10.5. The molecule has 33 heavy (non-hydrogen) atoms. The highest BCUT2D eigenvalue weighted by Gasteiger charge is 2.17. The van der Waals surface area contributed by atoms with Crippen molar-refractivity contribution in [2.24, 2.45) is 0 Å². The molecule has 9 nitrogen and oxygen atoms in total. The van der Waals surface area contributed by atoms with Gasteiger partial charge in [-0.05, 0) is 51.5 Å². The van der Waals surface area contributed by atoms with E-state index in [0.29, 0.717) is 10.2 Å². The number of esters is 2. The van der Waals surface area contributed by atoms with Crippen LogP contribution in [0.1, 0.15) is 51.4 Å². The van der Waals surface area contributed by atoms with Gasteiger partial charge < -0.3 is 14.8 Å². The van der Waals surface area contributed by atoms with Crippen LogP contribution in [0.5, 0.6) is 0 Å². The van der Waals surface area contributed by atoms with Crippen molar-refractivity contribution < 1.29 is 23.9 Å². The number of anilines is 1. The van der Waals surface area contributed by atoms with Gasteiger partial charge in [0.1, 0.15) is 4.83 Å². The van der Waals surface area contributed by atoms with E-state index in [-0.39, 0.29) is 48.6 Å². The third-order valence-electron chi connectivity index (χ3n) is 4.97. The van der Waals surface area contributed by atoms with Crippen molar-refractivity contribution in [3.8, 4) is 0 Å². The lowest BCUT2D eigenvalue weighted by atomic mass is 10.1. The molecule has 0 bridgehead atoms. The van der Waals surface area contributed by atoms with Crippen LogP contribution in [0.15, 0.2) is 29.3 Å². The maximum atomic E-state index is 12.8. The lowest BCUT2D eigenvalue weighted by Crippen LogP contribution is -2.23. The fourth-order valence-electron chi connectivity index (χ4n) is 3.24. The maximum absolute atomic E-state index is 12.8. The van der Waals surface area contributed by atoms with Gasteiger partial charge in [-0.15, -0.1) is 11.3 Å². The number of aryl methyl sites for hydroxylation is 3. The van der Waals surface area contributed by atoms with E-state index in [1.807, 2.05) is 13.8 Å². The number of aromatic nitrogens is 2. The highest BCUT2D eigenvalue weighted by Crippen LogP contribution is 2.25. The number of thiophene rings is 1. The van der Waals surface area contributed by atoms with E-state index in [2.05, 4.69) is 10.3 Å². The largest absolute Gasteiger partial charge is 0.462 e. The Morgan fingerprint density at radius 1 is 1.03 bits per heavy atom. The number of benzene rings is 1. The summed E-state index contributed by atoms with van der Waals surface area (Å²) < 4.78 is 11.4. The first-order chi connectivity index (χ1) is 15.7. The third-order valence-corrected chi connectivity index (χ3v) is 6.09. The second-order valence-corrected chi connectivity index (χ2v) is 8.45. The van der Waals surface area contributed by atoms with E-state index in [0.717, 1.165) is 10.4 Å². The van der Waals surface area contributed by atoms with Gasteiger partial charge in [-0.2, -0.15) is 0 Å². The first-order valence-corrected chi connectivity index (χ1v) is 11.3. The predicted molar refractivity (Wildman–Crippen MR) is 125 cm³/mol. The Bertz CT molecular complexity index is 1240. The minimum atomic E-state index is -0.619. The summed E-state index contributed by atoms with van der Waals surface area (Å²) in [6.07, 6.45) is 1.43. The topological polar surface area (TPSA) is 117 Å². The molecule has 0 aliphatic rings. The van der Waals surface area contributed by atoms with Gasteiger partial charge in [0.2, 0.25) is 5.91 Å². The average molecular weight is 472 g/mol. The zero-order chi connectivity index (χ0) is 24.1. The second-order valence-electron chi connectivity index (χ2n) is 7.24. The number of fused-ring (bicyclic) bond motifs is 1. The monoisotopic (exact) mass is 471 g/mol. The summed E-state index contributed by atoms with van der Waals surface area (Å²) in [6, 6.07) is 4.21. The highest BCUT2D eigenvalue weighted by atomic mass is 32.1. The van der Waals surface area contributed by atoms with Crippen LogP contribution in [0, 0.1) is 13.8 Å². The molecule has 0 unspecified atom stereocenters. The van der Waals surface area contributed by atoms with Crippen molar-refractivity contribution in [2.45, 2.75) is 40.7 Å². The molecular weight excluding hydrogens is 446 g/mol. The van der Waals surface area contributed by atoms with Crippen molar-refractivity contribution in [2.75, 3.05) is 18.5 Å². The highest BCUT2D eigenvalue weighted by molar-refractivity contribution is 7.18. The molecule has 0 aliphatic heterocycles. The molecular formula is C23H25N3O6S. The molecule has 0 radical (unpaired) electrons. The van der Waals surface area contributed by atoms with Gasteiger partial charge >= 0.3 is 11.9 Å². The van der Waals surface area contributed by atoms with E-state index < -0.39 is 17.8 Å². The van der Waals surface area contributed by atoms with E-state index in [4.69, 9.17) is 9.47 Å². The van der Waals surface area contributed by atoms with Crippen molar-refractivity contribution >= 4 is 45.1 Å². The normalized spacial score (nSPS) is 10.8. The Labute approximate surface area is 194 Å². The zero-order valence-corrected chi connectivity index (χ0v) is 19.7. The molecule has 10 heteroatoms. The fraction of sp³-hybridized carbons (Fsp3) is 0.348. The molecule has 174 valence electrons. The van der Waals surface area contributed by atoms with E-state index >= 15 is 0 Å². The number of ether oxygens (including phenoxy) is 2. The lowest BCUT2D eigenvalue weighted by Gasteiger charge is -2.11. The van der Waals surface area contributed by atoms with Crippen LogP contribution < -0.4 is 10.9 Å². The molecule has 0 fully saturated rings. The molecule has 1 aromatic carbocycles. The number of nitrogens with zero attached hydrogens (tertiary/aromatic N) is 2. The van der Waals surface area contributed by atoms with Crippen LogP contribution in [-0.4, -0.2) is 40.6 Å². The molecule has 3 rings (SSSR count). The second kappa shape index (κ2) is 10.4. The minimum absolute atomic E-state index is 0.00632. The molecule has 1 amide bonds. The van der Waals surface area contributed by atoms with Crippen molar-refractivity contribution in [1.82, 2.24) is 9.55 Å². The summed E-state index contributed by atoms with van der Waals surface area (Å²) in [5.41, 5.74) is 1.19. The molecule has 2 heterocycles. The Morgan fingerprint density at radius 3 is 2.21 bits per heavy atom. The van der Waals surface area contributed by atoms with Crippen molar-refractivity contribution in [3.05, 3.63) is 56.4 Å². The number of hydrogen-bond acceptors (Lipinski definition) is 8. The number of rotatable bonds is 8. The first kappa shape index (κ1) is 24.1. The Balaban J connectivity index is 1.78. The quantitative estimate of drug-likeness (QED) is 0.500. The standard InChI is InChI=1S/C23H25N3O6S/c1-5-31-22(29)15-9-16(23(30)32-6-2)11-17(10-15)25-18(27)7-8-26-12-24-20-19(21(26)28)13(3)14(4)33-20/h9-12H,5-8H2,1-4H3,(H,25,27). The van der Waals surface area contributed by atoms with Crippen LogP contribution in [0.3, 0.4) is 0 Å². The van der Waals surface area contributed by atoms with Gasteiger partial charge in [-0.1, -0.05) is 0 Å². The molecule has 2 aromatic heterocycles. The Hall–Kier alpha value is -3.53. The summed E-state index contributed by atoms with van der Waals surface area (Å²) in [5, 5.41) is 3.24. The molecule has 1 N–H and O–H groups in total. The van der Waals surface area contributed by atoms with Crippen molar-refractivity contribution in [1.29, 1.82) is 0 Å². The molecule has 3 aromatic rings. The predicted octanol–water partition coefficient (Wildman–Crippen LogP) is 3.46. The summed E-state index contributed by atoms with van der Waals surface area (Å²) >= 11 is 1.46. The Morgan fingerprint density at radius 2 is 1.64 bits per heavy atom. The molecule has 0 atom stereocenters. The number of carbonyl (C=O) groups is 3. The van der Waals surface area contributed by atoms with E-state index in [1.165, 1.54) is 40.4 Å². The number of nitrogens with one attached hydrogen (secondary N) is 1.